The van der Waals surface area contributed by atoms with E-state index in [4.69, 9.17) is 9.47 Å². The van der Waals surface area contributed by atoms with Gasteiger partial charge in [-0.1, -0.05) is 12.1 Å². The smallest absolute Gasteiger partial charge is 0.310 e. The van der Waals surface area contributed by atoms with E-state index in [0.29, 0.717) is 38.0 Å². The molecule has 0 unspecified atom stereocenters. The highest BCUT2D eigenvalue weighted by Crippen LogP contribution is 2.29. The van der Waals surface area contributed by atoms with Crippen LogP contribution in [0.5, 0.6) is 0 Å². The number of hydrogen-bond acceptors (Lipinski definition) is 5. The summed E-state index contributed by atoms with van der Waals surface area (Å²) < 4.78 is 10.00. The van der Waals surface area contributed by atoms with E-state index >= 15 is 0 Å². The van der Waals surface area contributed by atoms with Crippen LogP contribution >= 0.6 is 0 Å². The van der Waals surface area contributed by atoms with Crippen molar-refractivity contribution in [2.75, 3.05) is 18.5 Å². The van der Waals surface area contributed by atoms with Crippen LogP contribution in [0.4, 0.5) is 5.69 Å². The molecule has 1 aromatic carbocycles. The van der Waals surface area contributed by atoms with E-state index in [9.17, 15) is 9.59 Å². The number of carbonyl (C=O) groups is 2. The second-order valence-corrected chi connectivity index (χ2v) is 6.55. The topological polar surface area (TPSA) is 64.6 Å². The maximum absolute atomic E-state index is 11.6. The molecule has 0 atom stereocenters. The van der Waals surface area contributed by atoms with Gasteiger partial charge in [-0.3, -0.25) is 9.59 Å². The zero-order valence-corrected chi connectivity index (χ0v) is 15.3. The summed E-state index contributed by atoms with van der Waals surface area (Å²) in [6, 6.07) is 8.39. The molecule has 0 saturated heterocycles. The van der Waals surface area contributed by atoms with Crippen molar-refractivity contribution in [2.24, 2.45) is 5.92 Å². The van der Waals surface area contributed by atoms with E-state index in [1.54, 1.807) is 0 Å². The molecule has 0 radical (unpaired) electrons. The Morgan fingerprint density at radius 1 is 0.960 bits per heavy atom. The van der Waals surface area contributed by atoms with Crippen LogP contribution in [0.2, 0.25) is 0 Å². The van der Waals surface area contributed by atoms with Gasteiger partial charge in [0.05, 0.1) is 19.6 Å². The zero-order valence-electron chi connectivity index (χ0n) is 15.3. The number of nitrogens with one attached hydrogen (secondary N) is 1. The molecular weight excluding hydrogens is 318 g/mol. The molecule has 25 heavy (non-hydrogen) atoms. The van der Waals surface area contributed by atoms with Crippen molar-refractivity contribution in [3.8, 4) is 0 Å². The third kappa shape index (κ3) is 6.77. The molecule has 1 fully saturated rings. The second kappa shape index (κ2) is 10.1. The van der Waals surface area contributed by atoms with Crippen molar-refractivity contribution in [3.63, 3.8) is 0 Å². The summed E-state index contributed by atoms with van der Waals surface area (Å²) in [4.78, 5) is 23.1. The summed E-state index contributed by atoms with van der Waals surface area (Å²) in [6.07, 6.45) is 5.09. The Kier molecular flexibility index (Phi) is 7.76. The minimum atomic E-state index is -0.192. The lowest BCUT2D eigenvalue weighted by Gasteiger charge is -2.29. The SMILES string of the molecule is CCOC(=O)Cc1ccc(NC2CCC(CC(=O)OCC)CC2)cc1. The average Bonchev–Trinajstić information content (AvgIpc) is 2.59. The molecule has 2 rings (SSSR count). The van der Waals surface area contributed by atoms with Crippen molar-refractivity contribution in [1.29, 1.82) is 0 Å². The summed E-state index contributed by atoms with van der Waals surface area (Å²) in [5.74, 6) is 0.184. The fourth-order valence-electron chi connectivity index (χ4n) is 3.30. The lowest BCUT2D eigenvalue weighted by atomic mass is 9.84. The Morgan fingerprint density at radius 2 is 1.56 bits per heavy atom. The summed E-state index contributed by atoms with van der Waals surface area (Å²) in [6.45, 7) is 4.53. The molecule has 0 spiro atoms. The number of ether oxygens (including phenoxy) is 2. The Morgan fingerprint density at radius 3 is 2.16 bits per heavy atom. The fourth-order valence-corrected chi connectivity index (χ4v) is 3.30. The van der Waals surface area contributed by atoms with Crippen molar-refractivity contribution >= 4 is 17.6 Å². The van der Waals surface area contributed by atoms with Gasteiger partial charge in [-0.25, -0.2) is 0 Å². The number of esters is 2. The molecule has 1 N–H and O–H groups in total. The van der Waals surface area contributed by atoms with Gasteiger partial charge in [0.1, 0.15) is 0 Å². The third-order valence-electron chi connectivity index (χ3n) is 4.59. The molecule has 1 aliphatic carbocycles. The van der Waals surface area contributed by atoms with Gasteiger partial charge in [-0.05, 0) is 63.1 Å². The largest absolute Gasteiger partial charge is 0.466 e. The number of carbonyl (C=O) groups excluding carboxylic acids is 2. The summed E-state index contributed by atoms with van der Waals surface area (Å²) in [7, 11) is 0. The van der Waals surface area contributed by atoms with E-state index in [2.05, 4.69) is 5.32 Å². The first-order valence-electron chi connectivity index (χ1n) is 9.27. The molecule has 0 aromatic heterocycles. The summed E-state index contributed by atoms with van der Waals surface area (Å²) in [5.41, 5.74) is 2.03. The number of anilines is 1. The number of hydrogen-bond donors (Lipinski definition) is 1. The van der Waals surface area contributed by atoms with Crippen LogP contribution in [0, 0.1) is 5.92 Å². The van der Waals surface area contributed by atoms with Crippen LogP contribution in [-0.2, 0) is 25.5 Å². The molecule has 0 aliphatic heterocycles. The van der Waals surface area contributed by atoms with Gasteiger partial charge in [0, 0.05) is 18.2 Å². The van der Waals surface area contributed by atoms with Gasteiger partial charge in [-0.2, -0.15) is 0 Å². The third-order valence-corrected chi connectivity index (χ3v) is 4.59. The molecule has 138 valence electrons. The molecule has 0 amide bonds. The Hall–Kier alpha value is -2.04. The molecule has 0 heterocycles. The number of rotatable bonds is 8. The van der Waals surface area contributed by atoms with Crippen molar-refractivity contribution < 1.29 is 19.1 Å². The van der Waals surface area contributed by atoms with Gasteiger partial charge in [-0.15, -0.1) is 0 Å². The van der Waals surface area contributed by atoms with Gasteiger partial charge in [0.2, 0.25) is 0 Å². The van der Waals surface area contributed by atoms with E-state index < -0.39 is 0 Å². The first-order chi connectivity index (χ1) is 12.1. The van der Waals surface area contributed by atoms with E-state index in [1.807, 2.05) is 38.1 Å². The first-order valence-corrected chi connectivity index (χ1v) is 9.27. The minimum Gasteiger partial charge on any atom is -0.466 e. The van der Waals surface area contributed by atoms with Crippen molar-refractivity contribution in [2.45, 2.75) is 58.4 Å². The predicted molar refractivity (Wildman–Crippen MR) is 97.4 cm³/mol. The molecule has 1 aliphatic rings. The van der Waals surface area contributed by atoms with Crippen molar-refractivity contribution in [1.82, 2.24) is 0 Å². The van der Waals surface area contributed by atoms with E-state index in [0.717, 1.165) is 36.9 Å². The predicted octanol–water partition coefficient (Wildman–Crippen LogP) is 3.72. The minimum absolute atomic E-state index is 0.0731. The second-order valence-electron chi connectivity index (χ2n) is 6.55. The molecular formula is C20H29NO4. The van der Waals surface area contributed by atoms with Crippen LogP contribution in [0.15, 0.2) is 24.3 Å². The Labute approximate surface area is 150 Å². The quantitative estimate of drug-likeness (QED) is 0.726. The lowest BCUT2D eigenvalue weighted by molar-refractivity contribution is -0.144. The van der Waals surface area contributed by atoms with Crippen LogP contribution < -0.4 is 5.32 Å². The molecule has 1 aromatic rings. The monoisotopic (exact) mass is 347 g/mol. The van der Waals surface area contributed by atoms with Gasteiger partial charge in [0.15, 0.2) is 0 Å². The first kappa shape index (κ1) is 19.3. The van der Waals surface area contributed by atoms with Crippen LogP contribution in [0.25, 0.3) is 0 Å². The standard InChI is InChI=1S/C20H29NO4/c1-3-24-19(22)13-15-5-9-17(10-6-15)21-18-11-7-16(8-12-18)14-20(23)25-4-2/h5-6,9-10,16,18,21H,3-4,7-8,11-14H2,1-2H3. The van der Waals surface area contributed by atoms with E-state index in [1.165, 1.54) is 0 Å². The van der Waals surface area contributed by atoms with Crippen molar-refractivity contribution in [3.05, 3.63) is 29.8 Å². The maximum Gasteiger partial charge on any atom is 0.310 e. The fraction of sp³-hybridized carbons (Fsp3) is 0.600. The van der Waals surface area contributed by atoms with Crippen LogP contribution in [0.1, 0.15) is 51.5 Å². The highest BCUT2D eigenvalue weighted by Gasteiger charge is 2.23. The lowest BCUT2D eigenvalue weighted by Crippen LogP contribution is -2.27. The highest BCUT2D eigenvalue weighted by atomic mass is 16.5. The molecule has 1 saturated carbocycles. The Bertz CT molecular complexity index is 547. The van der Waals surface area contributed by atoms with E-state index in [-0.39, 0.29) is 11.9 Å². The van der Waals surface area contributed by atoms with Crippen LogP contribution in [0.3, 0.4) is 0 Å². The summed E-state index contributed by atoms with van der Waals surface area (Å²) >= 11 is 0. The Balaban J connectivity index is 1.74. The van der Waals surface area contributed by atoms with Gasteiger partial charge < -0.3 is 14.8 Å². The van der Waals surface area contributed by atoms with Gasteiger partial charge in [0.25, 0.3) is 0 Å². The average molecular weight is 347 g/mol. The highest BCUT2D eigenvalue weighted by molar-refractivity contribution is 5.72. The zero-order chi connectivity index (χ0) is 18.1. The van der Waals surface area contributed by atoms with Gasteiger partial charge >= 0.3 is 11.9 Å². The number of benzene rings is 1. The molecule has 0 bridgehead atoms. The maximum atomic E-state index is 11.6. The molecule has 5 heteroatoms. The van der Waals surface area contributed by atoms with Crippen LogP contribution in [-0.4, -0.2) is 31.2 Å². The summed E-state index contributed by atoms with van der Waals surface area (Å²) in [5, 5.41) is 3.55. The molecule has 5 nitrogen and oxygen atoms in total. The normalized spacial score (nSPS) is 19.9.